The third-order valence-corrected chi connectivity index (χ3v) is 3.31. The smallest absolute Gasteiger partial charge is 0.159 e. The second-order valence-electron chi connectivity index (χ2n) is 5.08. The Morgan fingerprint density at radius 2 is 1.52 bits per heavy atom. The Kier molecular flexibility index (Phi) is 10.1. The third kappa shape index (κ3) is 8.23. The highest BCUT2D eigenvalue weighted by Gasteiger charge is 2.15. The first-order valence-corrected chi connectivity index (χ1v) is 7.75. The van der Waals surface area contributed by atoms with Crippen molar-refractivity contribution in [1.29, 1.82) is 0 Å². The van der Waals surface area contributed by atoms with E-state index >= 15 is 0 Å². The summed E-state index contributed by atoms with van der Waals surface area (Å²) in [6, 6.07) is 9.23. The van der Waals surface area contributed by atoms with Crippen LogP contribution in [0.15, 0.2) is 42.5 Å². The highest BCUT2D eigenvalue weighted by atomic mass is 16.1. The van der Waals surface area contributed by atoms with Gasteiger partial charge >= 0.3 is 0 Å². The number of rotatable bonds is 2. The van der Waals surface area contributed by atoms with Gasteiger partial charge in [-0.2, -0.15) is 0 Å². The van der Waals surface area contributed by atoms with Gasteiger partial charge in [-0.05, 0) is 32.6 Å². The van der Waals surface area contributed by atoms with Crippen molar-refractivity contribution in [3.63, 3.8) is 0 Å². The normalized spacial score (nSPS) is 19.5. The number of Topliss-reactive ketones (excluding diaryl/α,β-unsaturated/α-hetero) is 2. The van der Waals surface area contributed by atoms with Gasteiger partial charge in [0, 0.05) is 11.5 Å². The molecule has 0 aromatic heterocycles. The maximum absolute atomic E-state index is 10.9. The molecule has 1 aromatic rings. The molecule has 0 radical (unpaired) electrons. The number of carbonyl (C=O) groups is 2. The quantitative estimate of drug-likeness (QED) is 0.561. The Bertz CT molecular complexity index is 446. The van der Waals surface area contributed by atoms with Crippen LogP contribution < -0.4 is 0 Å². The highest BCUT2D eigenvalue weighted by molar-refractivity contribution is 5.93. The molecule has 1 aromatic carbocycles. The summed E-state index contributed by atoms with van der Waals surface area (Å²) in [5.74, 6) is 1.32. The summed E-state index contributed by atoms with van der Waals surface area (Å²) in [5.41, 5.74) is 0.775. The van der Waals surface area contributed by atoms with Crippen LogP contribution in [0, 0.1) is 11.8 Å². The van der Waals surface area contributed by atoms with Crippen LogP contribution in [-0.4, -0.2) is 11.6 Å². The van der Waals surface area contributed by atoms with Crippen LogP contribution in [0.3, 0.4) is 0 Å². The molecule has 0 heterocycles. The molecule has 0 amide bonds. The maximum Gasteiger partial charge on any atom is 0.159 e. The summed E-state index contributed by atoms with van der Waals surface area (Å²) in [6.45, 7) is 9.42. The molecule has 1 aliphatic rings. The number of carbonyl (C=O) groups excluding carboxylic acids is 2. The Labute approximate surface area is 129 Å². The van der Waals surface area contributed by atoms with Gasteiger partial charge in [0.25, 0.3) is 0 Å². The summed E-state index contributed by atoms with van der Waals surface area (Å²) in [6.07, 6.45) is 6.42. The summed E-state index contributed by atoms with van der Waals surface area (Å²) < 4.78 is 0. The van der Waals surface area contributed by atoms with Crippen molar-refractivity contribution in [2.75, 3.05) is 0 Å². The lowest BCUT2D eigenvalue weighted by Crippen LogP contribution is -2.13. The van der Waals surface area contributed by atoms with E-state index in [0.29, 0.717) is 11.7 Å². The number of hydrogen-bond acceptors (Lipinski definition) is 2. The predicted molar refractivity (Wildman–Crippen MR) is 89.5 cm³/mol. The average molecular weight is 288 g/mol. The number of ketones is 2. The monoisotopic (exact) mass is 288 g/mol. The Morgan fingerprint density at radius 1 is 0.952 bits per heavy atom. The van der Waals surface area contributed by atoms with Crippen molar-refractivity contribution < 1.29 is 9.59 Å². The first-order valence-electron chi connectivity index (χ1n) is 7.75. The molecule has 2 heteroatoms. The fourth-order valence-corrected chi connectivity index (χ4v) is 1.97. The molecule has 0 saturated heterocycles. The van der Waals surface area contributed by atoms with E-state index in [0.717, 1.165) is 12.0 Å². The predicted octanol–water partition coefficient (Wildman–Crippen LogP) is 5.09. The summed E-state index contributed by atoms with van der Waals surface area (Å²) in [5, 5.41) is 0. The molecule has 1 aliphatic carbocycles. The number of allylic oxidation sites excluding steroid dienone is 2. The van der Waals surface area contributed by atoms with Gasteiger partial charge in [0.15, 0.2) is 5.78 Å². The largest absolute Gasteiger partial charge is 0.299 e. The molecule has 0 aliphatic heterocycles. The van der Waals surface area contributed by atoms with Crippen LogP contribution in [-0.2, 0) is 4.79 Å². The van der Waals surface area contributed by atoms with Crippen molar-refractivity contribution >= 4 is 11.6 Å². The van der Waals surface area contributed by atoms with Crippen LogP contribution in [0.1, 0.15) is 57.8 Å². The van der Waals surface area contributed by atoms with E-state index < -0.39 is 0 Å². The maximum atomic E-state index is 10.9. The average Bonchev–Trinajstić information content (AvgIpc) is 2.51. The van der Waals surface area contributed by atoms with E-state index in [2.05, 4.69) is 19.1 Å². The molecule has 0 spiro atoms. The molecule has 21 heavy (non-hydrogen) atoms. The van der Waals surface area contributed by atoms with Crippen LogP contribution in [0.2, 0.25) is 0 Å². The summed E-state index contributed by atoms with van der Waals surface area (Å²) in [7, 11) is 0. The molecule has 0 N–H and O–H groups in total. The molecule has 0 bridgehead atoms. The van der Waals surface area contributed by atoms with Crippen LogP contribution in [0.25, 0.3) is 0 Å². The number of hydrogen-bond donors (Lipinski definition) is 0. The molecular weight excluding hydrogens is 260 g/mol. The van der Waals surface area contributed by atoms with E-state index in [1.54, 1.807) is 13.8 Å². The zero-order valence-corrected chi connectivity index (χ0v) is 13.9. The van der Waals surface area contributed by atoms with Gasteiger partial charge in [0.05, 0.1) is 0 Å². The van der Waals surface area contributed by atoms with Crippen molar-refractivity contribution in [2.24, 2.45) is 11.8 Å². The van der Waals surface area contributed by atoms with Crippen LogP contribution in [0.4, 0.5) is 0 Å². The lowest BCUT2D eigenvalue weighted by molar-refractivity contribution is -0.119. The van der Waals surface area contributed by atoms with E-state index in [9.17, 15) is 9.59 Å². The zero-order valence-electron chi connectivity index (χ0n) is 13.9. The first-order chi connectivity index (χ1) is 10.0. The fraction of sp³-hybridized carbons (Fsp3) is 0.474. The molecular formula is C19H28O2. The van der Waals surface area contributed by atoms with Gasteiger partial charge in [-0.1, -0.05) is 63.3 Å². The molecule has 0 saturated carbocycles. The number of benzene rings is 1. The molecule has 2 nitrogen and oxygen atoms in total. The second-order valence-corrected chi connectivity index (χ2v) is 5.08. The van der Waals surface area contributed by atoms with Crippen LogP contribution in [0.5, 0.6) is 0 Å². The van der Waals surface area contributed by atoms with Crippen molar-refractivity contribution in [3.05, 3.63) is 48.0 Å². The van der Waals surface area contributed by atoms with Gasteiger partial charge in [0.2, 0.25) is 0 Å². The van der Waals surface area contributed by atoms with Crippen molar-refractivity contribution in [3.8, 4) is 0 Å². The lowest BCUT2D eigenvalue weighted by atomic mass is 9.88. The first kappa shape index (κ1) is 19.3. The topological polar surface area (TPSA) is 34.1 Å². The molecule has 2 rings (SSSR count). The summed E-state index contributed by atoms with van der Waals surface area (Å²) >= 11 is 0. The van der Waals surface area contributed by atoms with E-state index in [-0.39, 0.29) is 11.7 Å². The van der Waals surface area contributed by atoms with E-state index in [1.807, 2.05) is 44.2 Å². The minimum Gasteiger partial charge on any atom is -0.299 e. The van der Waals surface area contributed by atoms with Gasteiger partial charge < -0.3 is 0 Å². The highest BCUT2D eigenvalue weighted by Crippen LogP contribution is 2.21. The van der Waals surface area contributed by atoms with Gasteiger partial charge in [0.1, 0.15) is 5.78 Å². The van der Waals surface area contributed by atoms with Crippen molar-refractivity contribution in [1.82, 2.24) is 0 Å². The molecule has 116 valence electrons. The Morgan fingerprint density at radius 3 is 1.86 bits per heavy atom. The molecule has 0 fully saturated rings. The Balaban J connectivity index is 0.000000342. The lowest BCUT2D eigenvalue weighted by Gasteiger charge is -2.17. The van der Waals surface area contributed by atoms with Crippen molar-refractivity contribution in [2.45, 2.75) is 47.5 Å². The molecule has 2 atom stereocenters. The van der Waals surface area contributed by atoms with E-state index in [4.69, 9.17) is 0 Å². The fourth-order valence-electron chi connectivity index (χ4n) is 1.97. The van der Waals surface area contributed by atoms with Gasteiger partial charge in [-0.3, -0.25) is 9.59 Å². The minimum absolute atomic E-state index is 0.121. The summed E-state index contributed by atoms with van der Waals surface area (Å²) in [4.78, 5) is 21.5. The minimum atomic E-state index is 0.121. The van der Waals surface area contributed by atoms with Crippen LogP contribution >= 0.6 is 0 Å². The second kappa shape index (κ2) is 11.0. The van der Waals surface area contributed by atoms with Gasteiger partial charge in [-0.15, -0.1) is 0 Å². The standard InChI is InChI=1S/C9H14O.C8H8O.C2H6/c1-7-3-5-9(6-4-7)8(2)10;1-7(9)8-5-3-2-4-6-8;1-2/h3,5,7,9H,4,6H2,1-2H3;2-6H,1H3;1-2H3. The Hall–Kier alpha value is -1.70. The van der Waals surface area contributed by atoms with E-state index in [1.165, 1.54) is 6.42 Å². The SMILES string of the molecule is CC.CC(=O)C1C=CC(C)CC1.CC(=O)c1ccccc1. The third-order valence-electron chi connectivity index (χ3n) is 3.31. The molecule has 2 unspecified atom stereocenters. The van der Waals surface area contributed by atoms with Gasteiger partial charge in [-0.25, -0.2) is 0 Å². The zero-order chi connectivity index (χ0) is 16.3.